The van der Waals surface area contributed by atoms with E-state index in [1.54, 1.807) is 12.0 Å². The molecule has 1 N–H and O–H groups in total. The predicted molar refractivity (Wildman–Crippen MR) is 106 cm³/mol. The third-order valence-corrected chi connectivity index (χ3v) is 5.68. The summed E-state index contributed by atoms with van der Waals surface area (Å²) < 4.78 is 6.22. The van der Waals surface area contributed by atoms with Crippen molar-refractivity contribution >= 4 is 32.6 Å². The zero-order valence-corrected chi connectivity index (χ0v) is 15.6. The minimum atomic E-state index is -0.161. The molecule has 1 aromatic heterocycles. The summed E-state index contributed by atoms with van der Waals surface area (Å²) in [7, 11) is 1.65. The number of carbonyl (C=O) groups is 1. The highest BCUT2D eigenvalue weighted by atomic mass is 32.1. The first-order valence-corrected chi connectivity index (χ1v) is 9.48. The van der Waals surface area contributed by atoms with E-state index in [9.17, 15) is 4.79 Å². The molecule has 0 aliphatic carbocycles. The average molecular weight is 378 g/mol. The van der Waals surface area contributed by atoms with Crippen LogP contribution in [0, 0.1) is 17.4 Å². The summed E-state index contributed by atoms with van der Waals surface area (Å²) in [6, 6.07) is 14.0. The van der Waals surface area contributed by atoms with Gasteiger partial charge in [-0.3, -0.25) is 4.79 Å². The summed E-state index contributed by atoms with van der Waals surface area (Å²) in [6.45, 7) is 1.12. The Morgan fingerprint density at radius 1 is 1.30 bits per heavy atom. The predicted octanol–water partition coefficient (Wildman–Crippen LogP) is 3.71. The standard InChI is InChI=1S/C20H18N4O2S/c1-26-16-5-2-13(3-6-16)14-4-7-17-18(10-14)27-20(22-17)23-19(25)15-8-9-24(11-15)12-21/h2-7,10,15H,8-9,11H2,1H3,(H,22,23,25). The molecule has 3 aromatic rings. The first kappa shape index (κ1) is 17.3. The molecule has 1 amide bonds. The van der Waals surface area contributed by atoms with Crippen LogP contribution in [0.4, 0.5) is 5.13 Å². The number of nitriles is 1. The Bertz CT molecular complexity index is 1020. The third kappa shape index (κ3) is 3.57. The summed E-state index contributed by atoms with van der Waals surface area (Å²) in [4.78, 5) is 18.5. The molecule has 1 fully saturated rings. The molecule has 1 aliphatic heterocycles. The van der Waals surface area contributed by atoms with Crippen molar-refractivity contribution in [2.75, 3.05) is 25.5 Å². The van der Waals surface area contributed by atoms with Gasteiger partial charge in [0.15, 0.2) is 11.3 Å². The lowest BCUT2D eigenvalue weighted by Gasteiger charge is -2.08. The summed E-state index contributed by atoms with van der Waals surface area (Å²) >= 11 is 1.46. The Morgan fingerprint density at radius 3 is 2.78 bits per heavy atom. The lowest BCUT2D eigenvalue weighted by molar-refractivity contribution is -0.119. The van der Waals surface area contributed by atoms with E-state index in [4.69, 9.17) is 10.00 Å². The number of fused-ring (bicyclic) bond motifs is 1. The second kappa shape index (κ2) is 7.25. The second-order valence-corrected chi connectivity index (χ2v) is 7.48. The van der Waals surface area contributed by atoms with E-state index in [0.29, 0.717) is 24.6 Å². The van der Waals surface area contributed by atoms with Gasteiger partial charge in [0.1, 0.15) is 5.75 Å². The van der Waals surface area contributed by atoms with Gasteiger partial charge in [-0.15, -0.1) is 0 Å². The fourth-order valence-electron chi connectivity index (χ4n) is 3.21. The number of aromatic nitrogens is 1. The minimum absolute atomic E-state index is 0.0674. The number of hydrogen-bond donors (Lipinski definition) is 1. The van der Waals surface area contributed by atoms with Crippen LogP contribution in [0.3, 0.4) is 0 Å². The Hall–Kier alpha value is -3.11. The summed E-state index contributed by atoms with van der Waals surface area (Å²) in [5.74, 6) is 0.596. The molecule has 2 aromatic carbocycles. The van der Waals surface area contributed by atoms with Crippen molar-refractivity contribution in [2.24, 2.45) is 5.92 Å². The molecule has 0 radical (unpaired) electrons. The van der Waals surface area contributed by atoms with Crippen LogP contribution in [0.5, 0.6) is 5.75 Å². The van der Waals surface area contributed by atoms with Gasteiger partial charge in [0.05, 0.1) is 23.2 Å². The molecule has 2 heterocycles. The molecule has 0 bridgehead atoms. The molecule has 7 heteroatoms. The number of nitrogens with zero attached hydrogens (tertiary/aromatic N) is 3. The summed E-state index contributed by atoms with van der Waals surface area (Å²) in [5, 5.41) is 12.4. The molecule has 6 nitrogen and oxygen atoms in total. The Labute approximate surface area is 161 Å². The SMILES string of the molecule is COc1ccc(-c2ccc3nc(NC(=O)C4CCN(C#N)C4)sc3c2)cc1. The zero-order valence-electron chi connectivity index (χ0n) is 14.8. The molecule has 0 spiro atoms. The number of likely N-dealkylation sites (tertiary alicyclic amines) is 1. The van der Waals surface area contributed by atoms with Gasteiger partial charge >= 0.3 is 0 Å². The fourth-order valence-corrected chi connectivity index (χ4v) is 4.12. The third-order valence-electron chi connectivity index (χ3n) is 4.74. The maximum atomic E-state index is 12.4. The van der Waals surface area contributed by atoms with Gasteiger partial charge in [0.2, 0.25) is 5.91 Å². The maximum absolute atomic E-state index is 12.4. The maximum Gasteiger partial charge on any atom is 0.231 e. The van der Waals surface area contributed by atoms with Gasteiger partial charge in [-0.2, -0.15) is 5.26 Å². The van der Waals surface area contributed by atoms with Gasteiger partial charge in [-0.05, 0) is 41.8 Å². The Kier molecular flexibility index (Phi) is 4.65. The van der Waals surface area contributed by atoms with Crippen molar-refractivity contribution in [1.82, 2.24) is 9.88 Å². The van der Waals surface area contributed by atoms with Gasteiger partial charge in [-0.25, -0.2) is 4.98 Å². The molecule has 1 atom stereocenters. The molecule has 27 heavy (non-hydrogen) atoms. The average Bonchev–Trinajstić information content (AvgIpc) is 3.33. The molecular formula is C20H18N4O2S. The van der Waals surface area contributed by atoms with E-state index < -0.39 is 0 Å². The van der Waals surface area contributed by atoms with Crippen LogP contribution in [0.25, 0.3) is 21.3 Å². The monoisotopic (exact) mass is 378 g/mol. The highest BCUT2D eigenvalue weighted by Gasteiger charge is 2.28. The van der Waals surface area contributed by atoms with Crippen LogP contribution >= 0.6 is 11.3 Å². The number of thiazole rings is 1. The minimum Gasteiger partial charge on any atom is -0.497 e. The van der Waals surface area contributed by atoms with Crippen molar-refractivity contribution in [3.05, 3.63) is 42.5 Å². The van der Waals surface area contributed by atoms with E-state index >= 15 is 0 Å². The van der Waals surface area contributed by atoms with E-state index in [1.807, 2.05) is 36.4 Å². The van der Waals surface area contributed by atoms with Crippen molar-refractivity contribution in [1.29, 1.82) is 5.26 Å². The first-order valence-electron chi connectivity index (χ1n) is 8.67. The first-order chi connectivity index (χ1) is 13.2. The molecule has 1 unspecified atom stereocenters. The molecule has 4 rings (SSSR count). The highest BCUT2D eigenvalue weighted by Crippen LogP contribution is 2.31. The number of methoxy groups -OCH3 is 1. The smallest absolute Gasteiger partial charge is 0.231 e. The number of anilines is 1. The number of hydrogen-bond acceptors (Lipinski definition) is 6. The van der Waals surface area contributed by atoms with Crippen LogP contribution in [-0.4, -0.2) is 36.0 Å². The molecule has 0 saturated carbocycles. The number of amides is 1. The van der Waals surface area contributed by atoms with E-state index in [0.717, 1.165) is 27.1 Å². The zero-order chi connectivity index (χ0) is 18.8. The van der Waals surface area contributed by atoms with Gasteiger partial charge in [0, 0.05) is 13.1 Å². The van der Waals surface area contributed by atoms with Crippen LogP contribution in [0.2, 0.25) is 0 Å². The second-order valence-electron chi connectivity index (χ2n) is 6.45. The number of rotatable bonds is 4. The number of ether oxygens (including phenoxy) is 1. The van der Waals surface area contributed by atoms with Gasteiger partial charge in [-0.1, -0.05) is 29.5 Å². The van der Waals surface area contributed by atoms with Crippen LogP contribution < -0.4 is 10.1 Å². The Balaban J connectivity index is 1.52. The lowest BCUT2D eigenvalue weighted by Crippen LogP contribution is -2.25. The lowest BCUT2D eigenvalue weighted by atomic mass is 10.1. The fraction of sp³-hybridized carbons (Fsp3) is 0.250. The molecule has 1 aliphatic rings. The quantitative estimate of drug-likeness (QED) is 0.700. The summed E-state index contributed by atoms with van der Waals surface area (Å²) in [6.07, 6.45) is 2.80. The van der Waals surface area contributed by atoms with Gasteiger partial charge in [0.25, 0.3) is 0 Å². The molecule has 136 valence electrons. The Morgan fingerprint density at radius 2 is 2.07 bits per heavy atom. The van der Waals surface area contributed by atoms with E-state index in [-0.39, 0.29) is 11.8 Å². The van der Waals surface area contributed by atoms with Gasteiger partial charge < -0.3 is 15.0 Å². The highest BCUT2D eigenvalue weighted by molar-refractivity contribution is 7.22. The summed E-state index contributed by atoms with van der Waals surface area (Å²) in [5.41, 5.74) is 3.05. The molecule has 1 saturated heterocycles. The molecular weight excluding hydrogens is 360 g/mol. The largest absolute Gasteiger partial charge is 0.497 e. The van der Waals surface area contributed by atoms with Crippen molar-refractivity contribution in [3.63, 3.8) is 0 Å². The van der Waals surface area contributed by atoms with E-state index in [2.05, 4.69) is 22.6 Å². The van der Waals surface area contributed by atoms with Crippen molar-refractivity contribution in [2.45, 2.75) is 6.42 Å². The van der Waals surface area contributed by atoms with E-state index in [1.165, 1.54) is 11.3 Å². The number of benzene rings is 2. The van der Waals surface area contributed by atoms with Crippen LogP contribution in [0.1, 0.15) is 6.42 Å². The van der Waals surface area contributed by atoms with Crippen LogP contribution in [0.15, 0.2) is 42.5 Å². The van der Waals surface area contributed by atoms with Crippen molar-refractivity contribution < 1.29 is 9.53 Å². The van der Waals surface area contributed by atoms with Crippen LogP contribution in [-0.2, 0) is 4.79 Å². The number of nitrogens with one attached hydrogen (secondary N) is 1. The number of carbonyl (C=O) groups excluding carboxylic acids is 1. The normalized spacial score (nSPS) is 16.3. The topological polar surface area (TPSA) is 78.2 Å². The van der Waals surface area contributed by atoms with Crippen molar-refractivity contribution in [3.8, 4) is 23.1 Å².